The SMILES string of the molecule is COc1ccc(C(C)NC(=O)C2(c3ccc(F)cc3)CC2)cc1. The quantitative estimate of drug-likeness (QED) is 0.913. The monoisotopic (exact) mass is 313 g/mol. The number of benzene rings is 2. The van der Waals surface area contributed by atoms with Gasteiger partial charge in [0.1, 0.15) is 11.6 Å². The number of hydrogen-bond acceptors (Lipinski definition) is 2. The van der Waals surface area contributed by atoms with Gasteiger partial charge in [-0.15, -0.1) is 0 Å². The molecular weight excluding hydrogens is 293 g/mol. The summed E-state index contributed by atoms with van der Waals surface area (Å²) in [6.07, 6.45) is 1.61. The minimum atomic E-state index is -0.492. The van der Waals surface area contributed by atoms with E-state index in [0.717, 1.165) is 29.7 Å². The van der Waals surface area contributed by atoms with Crippen LogP contribution in [0.5, 0.6) is 5.75 Å². The lowest BCUT2D eigenvalue weighted by atomic mass is 9.94. The summed E-state index contributed by atoms with van der Waals surface area (Å²) in [5.41, 5.74) is 1.42. The summed E-state index contributed by atoms with van der Waals surface area (Å²) in [5, 5.41) is 3.08. The van der Waals surface area contributed by atoms with E-state index in [2.05, 4.69) is 5.32 Å². The lowest BCUT2D eigenvalue weighted by Crippen LogP contribution is -2.36. The first-order valence-electron chi connectivity index (χ1n) is 7.76. The van der Waals surface area contributed by atoms with Crippen molar-refractivity contribution in [2.24, 2.45) is 0 Å². The summed E-state index contributed by atoms with van der Waals surface area (Å²) in [5.74, 6) is 0.515. The molecule has 1 aliphatic carbocycles. The maximum atomic E-state index is 13.1. The lowest BCUT2D eigenvalue weighted by molar-refractivity contribution is -0.124. The smallest absolute Gasteiger partial charge is 0.231 e. The Bertz CT molecular complexity index is 690. The number of ether oxygens (including phenoxy) is 1. The van der Waals surface area contributed by atoms with E-state index in [-0.39, 0.29) is 17.8 Å². The van der Waals surface area contributed by atoms with E-state index in [1.54, 1.807) is 19.2 Å². The Labute approximate surface area is 135 Å². The molecular formula is C19H20FNO2. The van der Waals surface area contributed by atoms with E-state index in [1.165, 1.54) is 12.1 Å². The average Bonchev–Trinajstić information content (AvgIpc) is 3.37. The van der Waals surface area contributed by atoms with Gasteiger partial charge < -0.3 is 10.1 Å². The van der Waals surface area contributed by atoms with Crippen molar-refractivity contribution in [3.63, 3.8) is 0 Å². The number of amides is 1. The van der Waals surface area contributed by atoms with Crippen LogP contribution in [0.1, 0.15) is 36.9 Å². The van der Waals surface area contributed by atoms with Crippen LogP contribution in [-0.2, 0) is 10.2 Å². The molecule has 1 N–H and O–H groups in total. The molecule has 1 unspecified atom stereocenters. The zero-order valence-corrected chi connectivity index (χ0v) is 13.3. The van der Waals surface area contributed by atoms with Crippen LogP contribution in [0.2, 0.25) is 0 Å². The molecule has 2 aromatic carbocycles. The van der Waals surface area contributed by atoms with Gasteiger partial charge in [0, 0.05) is 0 Å². The minimum absolute atomic E-state index is 0.00688. The van der Waals surface area contributed by atoms with Crippen LogP contribution >= 0.6 is 0 Å². The fourth-order valence-corrected chi connectivity index (χ4v) is 2.85. The molecule has 1 amide bonds. The second-order valence-corrected chi connectivity index (χ2v) is 6.06. The van der Waals surface area contributed by atoms with Crippen molar-refractivity contribution in [3.05, 3.63) is 65.5 Å². The molecule has 0 radical (unpaired) electrons. The van der Waals surface area contributed by atoms with Crippen LogP contribution in [-0.4, -0.2) is 13.0 Å². The highest BCUT2D eigenvalue weighted by molar-refractivity contribution is 5.91. The van der Waals surface area contributed by atoms with Crippen LogP contribution in [0.3, 0.4) is 0 Å². The number of methoxy groups -OCH3 is 1. The molecule has 1 aliphatic rings. The zero-order chi connectivity index (χ0) is 16.4. The van der Waals surface area contributed by atoms with Crippen molar-refractivity contribution in [2.45, 2.75) is 31.2 Å². The Balaban J connectivity index is 1.71. The highest BCUT2D eigenvalue weighted by Gasteiger charge is 2.51. The van der Waals surface area contributed by atoms with E-state index in [9.17, 15) is 9.18 Å². The Morgan fingerprint density at radius 3 is 2.26 bits per heavy atom. The van der Waals surface area contributed by atoms with Crippen LogP contribution in [0.25, 0.3) is 0 Å². The first-order chi connectivity index (χ1) is 11.0. The van der Waals surface area contributed by atoms with Crippen LogP contribution in [0.4, 0.5) is 4.39 Å². The van der Waals surface area contributed by atoms with E-state index < -0.39 is 5.41 Å². The summed E-state index contributed by atoms with van der Waals surface area (Å²) in [7, 11) is 1.62. The summed E-state index contributed by atoms with van der Waals surface area (Å²) >= 11 is 0. The maximum Gasteiger partial charge on any atom is 0.231 e. The first-order valence-corrected chi connectivity index (χ1v) is 7.76. The molecule has 1 saturated carbocycles. The number of rotatable bonds is 5. The fourth-order valence-electron chi connectivity index (χ4n) is 2.85. The van der Waals surface area contributed by atoms with Crippen molar-refractivity contribution < 1.29 is 13.9 Å². The summed E-state index contributed by atoms with van der Waals surface area (Å²) in [6.45, 7) is 1.96. The molecule has 2 aromatic rings. The van der Waals surface area contributed by atoms with Gasteiger partial charge in [-0.25, -0.2) is 4.39 Å². The predicted molar refractivity (Wildman–Crippen MR) is 86.9 cm³/mol. The molecule has 0 aromatic heterocycles. The van der Waals surface area contributed by atoms with Gasteiger partial charge in [0.2, 0.25) is 5.91 Å². The van der Waals surface area contributed by atoms with E-state index >= 15 is 0 Å². The number of carbonyl (C=O) groups excluding carboxylic acids is 1. The van der Waals surface area contributed by atoms with E-state index in [4.69, 9.17) is 4.74 Å². The second kappa shape index (κ2) is 6.03. The number of halogens is 1. The van der Waals surface area contributed by atoms with E-state index in [0.29, 0.717) is 0 Å². The highest BCUT2D eigenvalue weighted by Crippen LogP contribution is 2.48. The highest BCUT2D eigenvalue weighted by atomic mass is 19.1. The van der Waals surface area contributed by atoms with Crippen LogP contribution in [0.15, 0.2) is 48.5 Å². The van der Waals surface area contributed by atoms with Gasteiger partial charge in [-0.3, -0.25) is 4.79 Å². The molecule has 0 bridgehead atoms. The molecule has 0 saturated heterocycles. The summed E-state index contributed by atoms with van der Waals surface area (Å²) < 4.78 is 18.2. The van der Waals surface area contributed by atoms with Crippen molar-refractivity contribution in [1.29, 1.82) is 0 Å². The summed E-state index contributed by atoms with van der Waals surface area (Å²) in [4.78, 5) is 12.7. The largest absolute Gasteiger partial charge is 0.497 e. The van der Waals surface area contributed by atoms with Crippen molar-refractivity contribution >= 4 is 5.91 Å². The Kier molecular flexibility index (Phi) is 4.07. The van der Waals surface area contributed by atoms with Gasteiger partial charge in [0.05, 0.1) is 18.6 Å². The molecule has 120 valence electrons. The molecule has 3 rings (SSSR count). The Morgan fingerprint density at radius 1 is 1.13 bits per heavy atom. The predicted octanol–water partition coefficient (Wildman–Crippen LogP) is 3.74. The molecule has 1 fully saturated rings. The standard InChI is InChI=1S/C19H20FNO2/c1-13(14-3-9-17(23-2)10-4-14)21-18(22)19(11-12-19)15-5-7-16(20)8-6-15/h3-10,13H,11-12H2,1-2H3,(H,21,22). The average molecular weight is 313 g/mol. The van der Waals surface area contributed by atoms with Crippen molar-refractivity contribution in [3.8, 4) is 5.75 Å². The van der Waals surface area contributed by atoms with E-state index in [1.807, 2.05) is 31.2 Å². The molecule has 0 aliphatic heterocycles. The molecule has 3 nitrogen and oxygen atoms in total. The van der Waals surface area contributed by atoms with Crippen molar-refractivity contribution in [1.82, 2.24) is 5.32 Å². The third-order valence-corrected chi connectivity index (χ3v) is 4.54. The summed E-state index contributed by atoms with van der Waals surface area (Å²) in [6, 6.07) is 13.8. The molecule has 0 heterocycles. The first kappa shape index (κ1) is 15.5. The molecule has 1 atom stereocenters. The van der Waals surface area contributed by atoms with Gasteiger partial charge in [0.15, 0.2) is 0 Å². The van der Waals surface area contributed by atoms with Gasteiger partial charge >= 0.3 is 0 Å². The number of hydrogen-bond donors (Lipinski definition) is 1. The number of carbonyl (C=O) groups is 1. The Hall–Kier alpha value is -2.36. The fraction of sp³-hybridized carbons (Fsp3) is 0.316. The van der Waals surface area contributed by atoms with Crippen LogP contribution < -0.4 is 10.1 Å². The normalized spacial score (nSPS) is 16.5. The van der Waals surface area contributed by atoms with Gasteiger partial charge in [-0.1, -0.05) is 24.3 Å². The van der Waals surface area contributed by atoms with Crippen LogP contribution in [0, 0.1) is 5.82 Å². The van der Waals surface area contributed by atoms with Crippen molar-refractivity contribution in [2.75, 3.05) is 7.11 Å². The van der Waals surface area contributed by atoms with Gasteiger partial charge in [-0.05, 0) is 55.2 Å². The minimum Gasteiger partial charge on any atom is -0.497 e. The number of nitrogens with one attached hydrogen (secondary N) is 1. The lowest BCUT2D eigenvalue weighted by Gasteiger charge is -2.20. The maximum absolute atomic E-state index is 13.1. The molecule has 4 heteroatoms. The third kappa shape index (κ3) is 3.07. The zero-order valence-electron chi connectivity index (χ0n) is 13.3. The third-order valence-electron chi connectivity index (χ3n) is 4.54. The molecule has 23 heavy (non-hydrogen) atoms. The molecule has 0 spiro atoms. The second-order valence-electron chi connectivity index (χ2n) is 6.06. The Morgan fingerprint density at radius 2 is 1.74 bits per heavy atom. The van der Waals surface area contributed by atoms with Gasteiger partial charge in [0.25, 0.3) is 0 Å². The topological polar surface area (TPSA) is 38.3 Å². The van der Waals surface area contributed by atoms with Gasteiger partial charge in [-0.2, -0.15) is 0 Å².